The van der Waals surface area contributed by atoms with E-state index in [2.05, 4.69) is 13.8 Å². The van der Waals surface area contributed by atoms with E-state index >= 15 is 0 Å². The van der Waals surface area contributed by atoms with Crippen LogP contribution in [0.1, 0.15) is 50.1 Å². The fourth-order valence-corrected chi connectivity index (χ4v) is 4.75. The summed E-state index contributed by atoms with van der Waals surface area (Å²) in [5, 5.41) is 2.04. The van der Waals surface area contributed by atoms with Gasteiger partial charge in [-0.1, -0.05) is 27.2 Å². The molecule has 168 valence electrons. The second-order valence-corrected chi connectivity index (χ2v) is 9.06. The Morgan fingerprint density at radius 3 is 2.68 bits per heavy atom. The minimum absolute atomic E-state index is 0.000920. The van der Waals surface area contributed by atoms with Crippen LogP contribution in [-0.2, 0) is 16.0 Å². The maximum atomic E-state index is 13.3. The number of halogens is 1. The van der Waals surface area contributed by atoms with Crippen LogP contribution >= 0.6 is 11.3 Å². The number of carbonyl (C=O) groups excluding carboxylic acids is 2. The summed E-state index contributed by atoms with van der Waals surface area (Å²) in [6.07, 6.45) is 2.15. The molecule has 0 fully saturated rings. The van der Waals surface area contributed by atoms with Gasteiger partial charge in [-0.3, -0.25) is 9.59 Å². The summed E-state index contributed by atoms with van der Waals surface area (Å²) in [7, 11) is 0. The maximum absolute atomic E-state index is 13.3. The monoisotopic (exact) mass is 446 g/mol. The van der Waals surface area contributed by atoms with Crippen LogP contribution in [0.15, 0.2) is 35.7 Å². The van der Waals surface area contributed by atoms with Gasteiger partial charge in [0, 0.05) is 24.4 Å². The Hall–Kier alpha value is -2.41. The van der Waals surface area contributed by atoms with E-state index in [1.54, 1.807) is 28.4 Å². The Labute approximate surface area is 187 Å². The third-order valence-corrected chi connectivity index (χ3v) is 6.84. The van der Waals surface area contributed by atoms with Crippen molar-refractivity contribution >= 4 is 23.2 Å². The predicted molar refractivity (Wildman–Crippen MR) is 121 cm³/mol. The molecule has 0 saturated carbocycles. The molecule has 0 bridgehead atoms. The Balaban J connectivity index is 1.75. The van der Waals surface area contributed by atoms with Gasteiger partial charge in [0.15, 0.2) is 0 Å². The Kier molecular flexibility index (Phi) is 8.07. The van der Waals surface area contributed by atoms with Gasteiger partial charge < -0.3 is 14.5 Å². The van der Waals surface area contributed by atoms with Crippen LogP contribution in [-0.4, -0.2) is 47.9 Å². The number of rotatable bonds is 9. The Bertz CT molecular complexity index is 883. The molecular formula is C24H31FN2O3S. The Morgan fingerprint density at radius 2 is 2.00 bits per heavy atom. The molecule has 5 nitrogen and oxygen atoms in total. The highest BCUT2D eigenvalue weighted by Crippen LogP contribution is 2.34. The first-order valence-corrected chi connectivity index (χ1v) is 11.8. The highest BCUT2D eigenvalue weighted by atomic mass is 32.1. The van der Waals surface area contributed by atoms with Crippen molar-refractivity contribution in [3.63, 3.8) is 0 Å². The van der Waals surface area contributed by atoms with Crippen LogP contribution in [0.4, 0.5) is 4.39 Å². The second kappa shape index (κ2) is 10.8. The molecule has 1 aliphatic heterocycles. The van der Waals surface area contributed by atoms with Crippen LogP contribution < -0.4 is 4.74 Å². The third kappa shape index (κ3) is 5.85. The first kappa shape index (κ1) is 23.3. The van der Waals surface area contributed by atoms with Crippen molar-refractivity contribution in [2.45, 2.75) is 46.1 Å². The minimum Gasteiger partial charge on any atom is -0.491 e. The summed E-state index contributed by atoms with van der Waals surface area (Å²) in [5.74, 6) is 0.529. The zero-order valence-corrected chi connectivity index (χ0v) is 19.3. The number of fused-ring (bicyclic) bond motifs is 1. The molecule has 31 heavy (non-hydrogen) atoms. The molecule has 1 aromatic heterocycles. The van der Waals surface area contributed by atoms with Crippen LogP contribution in [0, 0.1) is 11.7 Å². The lowest BCUT2D eigenvalue weighted by molar-refractivity contribution is -0.143. The molecule has 7 heteroatoms. The van der Waals surface area contributed by atoms with E-state index in [0.29, 0.717) is 31.2 Å². The number of hydrogen-bond acceptors (Lipinski definition) is 4. The lowest BCUT2D eigenvalue weighted by atomic mass is 10.00. The van der Waals surface area contributed by atoms with Crippen LogP contribution in [0.3, 0.4) is 0 Å². The molecule has 0 aliphatic carbocycles. The molecule has 2 amide bonds. The number of benzene rings is 1. The quantitative estimate of drug-likeness (QED) is 0.562. The fraction of sp³-hybridized carbons (Fsp3) is 0.500. The molecule has 0 saturated heterocycles. The molecule has 0 spiro atoms. The van der Waals surface area contributed by atoms with E-state index in [9.17, 15) is 14.0 Å². The highest BCUT2D eigenvalue weighted by molar-refractivity contribution is 7.10. The molecule has 3 rings (SSSR count). The van der Waals surface area contributed by atoms with E-state index < -0.39 is 0 Å². The summed E-state index contributed by atoms with van der Waals surface area (Å²) in [6.45, 7) is 7.57. The van der Waals surface area contributed by atoms with Crippen molar-refractivity contribution in [2.24, 2.45) is 5.92 Å². The summed E-state index contributed by atoms with van der Waals surface area (Å²) in [4.78, 5) is 30.6. The first-order chi connectivity index (χ1) is 14.9. The molecular weight excluding hydrogens is 415 g/mol. The van der Waals surface area contributed by atoms with Crippen molar-refractivity contribution in [3.8, 4) is 5.75 Å². The lowest BCUT2D eigenvalue weighted by Gasteiger charge is -2.37. The highest BCUT2D eigenvalue weighted by Gasteiger charge is 2.33. The summed E-state index contributed by atoms with van der Waals surface area (Å²) < 4.78 is 19.1. The number of amides is 2. The number of nitrogens with zero attached hydrogens (tertiary/aromatic N) is 2. The lowest BCUT2D eigenvalue weighted by Crippen LogP contribution is -2.48. The van der Waals surface area contributed by atoms with Gasteiger partial charge in [-0.15, -0.1) is 11.3 Å². The van der Waals surface area contributed by atoms with E-state index in [1.807, 2.05) is 23.3 Å². The van der Waals surface area contributed by atoms with E-state index in [4.69, 9.17) is 4.74 Å². The molecule has 2 heterocycles. The number of thiophene rings is 1. The van der Waals surface area contributed by atoms with Gasteiger partial charge in [0.25, 0.3) is 0 Å². The summed E-state index contributed by atoms with van der Waals surface area (Å²) >= 11 is 1.69. The van der Waals surface area contributed by atoms with E-state index in [0.717, 1.165) is 18.4 Å². The van der Waals surface area contributed by atoms with Crippen molar-refractivity contribution < 1.29 is 18.7 Å². The fourth-order valence-electron chi connectivity index (χ4n) is 3.82. The van der Waals surface area contributed by atoms with Gasteiger partial charge in [0.2, 0.25) is 11.8 Å². The molecule has 0 N–H and O–H groups in total. The molecule has 1 aliphatic rings. The average molecular weight is 447 g/mol. The molecule has 0 unspecified atom stereocenters. The smallest absolute Gasteiger partial charge is 0.242 e. The average Bonchev–Trinajstić information content (AvgIpc) is 3.26. The zero-order chi connectivity index (χ0) is 22.4. The van der Waals surface area contributed by atoms with Gasteiger partial charge in [-0.05, 0) is 53.6 Å². The number of ether oxygens (including phenoxy) is 1. The number of carbonyl (C=O) groups is 2. The van der Waals surface area contributed by atoms with E-state index in [-0.39, 0.29) is 36.8 Å². The maximum Gasteiger partial charge on any atom is 0.242 e. The van der Waals surface area contributed by atoms with Gasteiger partial charge in [-0.2, -0.15) is 0 Å². The molecule has 2 atom stereocenters. The normalized spacial score (nSPS) is 16.5. The molecule has 0 radical (unpaired) electrons. The second-order valence-electron chi connectivity index (χ2n) is 8.06. The van der Waals surface area contributed by atoms with Crippen LogP contribution in [0.2, 0.25) is 0 Å². The van der Waals surface area contributed by atoms with Gasteiger partial charge >= 0.3 is 0 Å². The van der Waals surface area contributed by atoms with Gasteiger partial charge in [0.05, 0.1) is 12.6 Å². The standard InChI is InChI=1S/C24H31FN2O3S/c1-4-17(3)14-26(23(28)5-2)15-24(29)27-12-10-22-20(11-13-31-22)21(27)16-30-19-8-6-18(25)7-9-19/h6-9,11,13,17,21H,4-5,10,12,14-16H2,1-3H3/t17-,21-/m1/s1. The van der Waals surface area contributed by atoms with Gasteiger partial charge in [0.1, 0.15) is 18.2 Å². The predicted octanol–water partition coefficient (Wildman–Crippen LogP) is 4.68. The van der Waals surface area contributed by atoms with Crippen molar-refractivity contribution in [1.82, 2.24) is 9.80 Å². The Morgan fingerprint density at radius 1 is 1.26 bits per heavy atom. The van der Waals surface area contributed by atoms with Gasteiger partial charge in [-0.25, -0.2) is 4.39 Å². The zero-order valence-electron chi connectivity index (χ0n) is 18.5. The van der Waals surface area contributed by atoms with Crippen molar-refractivity contribution in [1.29, 1.82) is 0 Å². The largest absolute Gasteiger partial charge is 0.491 e. The summed E-state index contributed by atoms with van der Waals surface area (Å²) in [5.41, 5.74) is 1.10. The van der Waals surface area contributed by atoms with Crippen molar-refractivity contribution in [3.05, 3.63) is 52.0 Å². The summed E-state index contributed by atoms with van der Waals surface area (Å²) in [6, 6.07) is 7.72. The van der Waals surface area contributed by atoms with E-state index in [1.165, 1.54) is 17.0 Å². The topological polar surface area (TPSA) is 49.9 Å². The molecule has 1 aromatic carbocycles. The third-order valence-electron chi connectivity index (χ3n) is 5.85. The number of hydrogen-bond donors (Lipinski definition) is 0. The SMILES string of the molecule is CCC(=O)N(CC(=O)N1CCc2sccc2[C@H]1COc1ccc(F)cc1)C[C@H](C)CC. The minimum atomic E-state index is -0.316. The molecule has 2 aromatic rings. The van der Waals surface area contributed by atoms with Crippen LogP contribution in [0.25, 0.3) is 0 Å². The van der Waals surface area contributed by atoms with Crippen LogP contribution in [0.5, 0.6) is 5.75 Å². The first-order valence-electron chi connectivity index (χ1n) is 10.9. The van der Waals surface area contributed by atoms with Crippen molar-refractivity contribution in [2.75, 3.05) is 26.2 Å².